The molecular formula is C24H28O8. The van der Waals surface area contributed by atoms with Gasteiger partial charge in [-0.2, -0.15) is 0 Å². The van der Waals surface area contributed by atoms with Crippen LogP contribution in [0.5, 0.6) is 0 Å². The highest BCUT2D eigenvalue weighted by molar-refractivity contribution is 5.66. The lowest BCUT2D eigenvalue weighted by Gasteiger charge is -2.41. The topological polar surface area (TPSA) is 89.5 Å². The molecule has 0 radical (unpaired) electrons. The molecule has 3 heterocycles. The molecule has 6 unspecified atom stereocenters. The van der Waals surface area contributed by atoms with E-state index in [1.165, 1.54) is 13.8 Å². The second kappa shape index (κ2) is 10.4. The minimum Gasteiger partial charge on any atom is -0.463 e. The van der Waals surface area contributed by atoms with Gasteiger partial charge in [-0.05, 0) is 11.6 Å². The lowest BCUT2D eigenvalue weighted by atomic mass is 9.94. The Bertz CT molecular complexity index is 864. The number of carbonyl (C=O) groups is 2. The van der Waals surface area contributed by atoms with Crippen molar-refractivity contribution >= 4 is 11.9 Å². The number of benzene rings is 1. The van der Waals surface area contributed by atoms with Crippen molar-refractivity contribution < 1.29 is 38.0 Å². The van der Waals surface area contributed by atoms with Crippen molar-refractivity contribution in [3.8, 4) is 0 Å². The fourth-order valence-corrected chi connectivity index (χ4v) is 4.06. The molecule has 0 saturated carbocycles. The Balaban J connectivity index is 1.44. The van der Waals surface area contributed by atoms with Crippen molar-refractivity contribution in [1.29, 1.82) is 0 Å². The molecule has 4 rings (SSSR count). The van der Waals surface area contributed by atoms with E-state index in [1.807, 2.05) is 42.5 Å². The van der Waals surface area contributed by atoms with E-state index in [0.29, 0.717) is 19.6 Å². The molecule has 1 fully saturated rings. The molecule has 0 spiro atoms. The minimum atomic E-state index is -0.610. The summed E-state index contributed by atoms with van der Waals surface area (Å²) in [6.45, 7) is 3.58. The van der Waals surface area contributed by atoms with Gasteiger partial charge in [0.2, 0.25) is 0 Å². The summed E-state index contributed by atoms with van der Waals surface area (Å²) in [6.07, 6.45) is 3.88. The van der Waals surface area contributed by atoms with Crippen LogP contribution in [0.2, 0.25) is 0 Å². The largest absolute Gasteiger partial charge is 0.463 e. The highest BCUT2D eigenvalue weighted by Crippen LogP contribution is 2.35. The van der Waals surface area contributed by atoms with E-state index < -0.39 is 30.4 Å². The zero-order valence-electron chi connectivity index (χ0n) is 18.2. The molecule has 8 heteroatoms. The van der Waals surface area contributed by atoms with Crippen LogP contribution in [0, 0.1) is 0 Å². The van der Waals surface area contributed by atoms with Crippen LogP contribution in [0.1, 0.15) is 32.1 Å². The Kier molecular flexibility index (Phi) is 7.36. The maximum absolute atomic E-state index is 11.4. The molecule has 8 nitrogen and oxygen atoms in total. The summed E-state index contributed by atoms with van der Waals surface area (Å²) in [5.74, 6) is -0.842. The van der Waals surface area contributed by atoms with Crippen molar-refractivity contribution in [2.75, 3.05) is 19.8 Å². The second-order valence-corrected chi connectivity index (χ2v) is 7.96. The fraction of sp³-hybridized carbons (Fsp3) is 0.500. The molecule has 0 N–H and O–H groups in total. The first kappa shape index (κ1) is 22.7. The van der Waals surface area contributed by atoms with Crippen molar-refractivity contribution in [2.24, 2.45) is 0 Å². The Labute approximate surface area is 187 Å². The number of esters is 2. The first-order valence-corrected chi connectivity index (χ1v) is 10.8. The zero-order chi connectivity index (χ0) is 22.5. The van der Waals surface area contributed by atoms with Crippen LogP contribution >= 0.6 is 0 Å². The summed E-state index contributed by atoms with van der Waals surface area (Å²) in [4.78, 5) is 22.7. The molecule has 1 aromatic rings. The average molecular weight is 444 g/mol. The lowest BCUT2D eigenvalue weighted by molar-refractivity contribution is -0.259. The minimum absolute atomic E-state index is 0.00273. The van der Waals surface area contributed by atoms with Gasteiger partial charge in [-0.3, -0.25) is 9.59 Å². The van der Waals surface area contributed by atoms with E-state index >= 15 is 0 Å². The molecule has 1 aromatic carbocycles. The van der Waals surface area contributed by atoms with Crippen LogP contribution in [0.15, 0.2) is 54.1 Å². The van der Waals surface area contributed by atoms with E-state index in [1.54, 1.807) is 6.08 Å². The Hall–Kier alpha value is -2.52. The molecule has 6 atom stereocenters. The molecule has 0 bridgehead atoms. The van der Waals surface area contributed by atoms with Crippen molar-refractivity contribution in [3.63, 3.8) is 0 Å². The van der Waals surface area contributed by atoms with Gasteiger partial charge in [0, 0.05) is 25.8 Å². The molecule has 0 aromatic heterocycles. The lowest BCUT2D eigenvalue weighted by Crippen LogP contribution is -2.47. The summed E-state index contributed by atoms with van der Waals surface area (Å²) in [7, 11) is 0. The Morgan fingerprint density at radius 1 is 1.03 bits per heavy atom. The molecule has 3 aliphatic heterocycles. The fourth-order valence-electron chi connectivity index (χ4n) is 4.06. The van der Waals surface area contributed by atoms with E-state index in [2.05, 4.69) is 0 Å². The quantitative estimate of drug-likeness (QED) is 0.489. The van der Waals surface area contributed by atoms with Crippen molar-refractivity contribution in [2.45, 2.75) is 57.1 Å². The third kappa shape index (κ3) is 5.63. The SMILES string of the molecule is CC(=O)OCC1OC(CC2=CCOC3COC(c4ccccc4)OC23)C=CC1OC(C)=O. The maximum Gasteiger partial charge on any atom is 0.303 e. The Morgan fingerprint density at radius 2 is 1.84 bits per heavy atom. The predicted octanol–water partition coefficient (Wildman–Crippen LogP) is 2.63. The van der Waals surface area contributed by atoms with Crippen LogP contribution < -0.4 is 0 Å². The summed E-state index contributed by atoms with van der Waals surface area (Å²) in [5, 5.41) is 0. The molecule has 172 valence electrons. The van der Waals surface area contributed by atoms with E-state index in [0.717, 1.165) is 11.1 Å². The van der Waals surface area contributed by atoms with Gasteiger partial charge in [0.1, 0.15) is 31.0 Å². The van der Waals surface area contributed by atoms with Crippen LogP contribution in [-0.4, -0.2) is 62.3 Å². The van der Waals surface area contributed by atoms with Crippen molar-refractivity contribution in [3.05, 3.63) is 59.7 Å². The number of fused-ring (bicyclic) bond motifs is 1. The average Bonchev–Trinajstić information content (AvgIpc) is 2.79. The van der Waals surface area contributed by atoms with Gasteiger partial charge < -0.3 is 28.4 Å². The predicted molar refractivity (Wildman–Crippen MR) is 112 cm³/mol. The second-order valence-electron chi connectivity index (χ2n) is 7.96. The van der Waals surface area contributed by atoms with Gasteiger partial charge in [-0.15, -0.1) is 0 Å². The summed E-state index contributed by atoms with van der Waals surface area (Å²) in [6, 6.07) is 9.79. The van der Waals surface area contributed by atoms with Crippen LogP contribution in [-0.2, 0) is 38.0 Å². The Morgan fingerprint density at radius 3 is 2.59 bits per heavy atom. The van der Waals surface area contributed by atoms with Crippen LogP contribution in [0.4, 0.5) is 0 Å². The number of hydrogen-bond donors (Lipinski definition) is 0. The van der Waals surface area contributed by atoms with E-state index in [9.17, 15) is 9.59 Å². The highest BCUT2D eigenvalue weighted by Gasteiger charge is 2.39. The van der Waals surface area contributed by atoms with Crippen LogP contribution in [0.3, 0.4) is 0 Å². The third-order valence-electron chi connectivity index (χ3n) is 5.53. The van der Waals surface area contributed by atoms with Crippen LogP contribution in [0.25, 0.3) is 0 Å². The number of hydrogen-bond acceptors (Lipinski definition) is 8. The van der Waals surface area contributed by atoms with Crippen molar-refractivity contribution in [1.82, 2.24) is 0 Å². The standard InChI is InChI=1S/C24H28O8/c1-15(25)28-13-21-20(30-16(2)26)9-8-19(31-21)12-18-10-11-27-22-14-29-24(32-23(18)22)17-6-4-3-5-7-17/h3-10,19-24H,11-14H2,1-2H3. The van der Waals surface area contributed by atoms with E-state index in [4.69, 9.17) is 28.4 Å². The summed E-state index contributed by atoms with van der Waals surface area (Å²) < 4.78 is 34.5. The van der Waals surface area contributed by atoms with E-state index in [-0.39, 0.29) is 24.9 Å². The highest BCUT2D eigenvalue weighted by atomic mass is 16.7. The smallest absolute Gasteiger partial charge is 0.303 e. The van der Waals surface area contributed by atoms with Gasteiger partial charge in [0.15, 0.2) is 6.29 Å². The molecular weight excluding hydrogens is 416 g/mol. The zero-order valence-corrected chi connectivity index (χ0v) is 18.2. The summed E-state index contributed by atoms with van der Waals surface area (Å²) >= 11 is 0. The third-order valence-corrected chi connectivity index (χ3v) is 5.53. The molecule has 0 aliphatic carbocycles. The maximum atomic E-state index is 11.4. The van der Waals surface area contributed by atoms with Gasteiger partial charge in [-0.1, -0.05) is 42.5 Å². The van der Waals surface area contributed by atoms with Gasteiger partial charge in [-0.25, -0.2) is 0 Å². The summed E-state index contributed by atoms with van der Waals surface area (Å²) in [5.41, 5.74) is 2.02. The number of rotatable bonds is 6. The van der Waals surface area contributed by atoms with Gasteiger partial charge in [0.05, 0.1) is 19.3 Å². The molecule has 0 amide bonds. The molecule has 1 saturated heterocycles. The monoisotopic (exact) mass is 444 g/mol. The van der Waals surface area contributed by atoms with Gasteiger partial charge in [0.25, 0.3) is 0 Å². The molecule has 32 heavy (non-hydrogen) atoms. The normalized spacial score (nSPS) is 31.9. The first-order valence-electron chi connectivity index (χ1n) is 10.8. The first-order chi connectivity index (χ1) is 15.5. The number of carbonyl (C=O) groups excluding carboxylic acids is 2. The van der Waals surface area contributed by atoms with Gasteiger partial charge >= 0.3 is 11.9 Å². The number of ether oxygens (including phenoxy) is 6. The molecule has 3 aliphatic rings.